The van der Waals surface area contributed by atoms with Crippen molar-refractivity contribution in [2.45, 2.75) is 19.4 Å². The van der Waals surface area contributed by atoms with Crippen molar-refractivity contribution in [3.63, 3.8) is 0 Å². The molecule has 0 aromatic heterocycles. The van der Waals surface area contributed by atoms with Crippen molar-refractivity contribution in [1.82, 2.24) is 0 Å². The van der Waals surface area contributed by atoms with Gasteiger partial charge < -0.3 is 19.7 Å². The van der Waals surface area contributed by atoms with Crippen LogP contribution in [0.2, 0.25) is 0 Å². The highest BCUT2D eigenvalue weighted by Gasteiger charge is 2.20. The number of rotatable bonds is 4. The summed E-state index contributed by atoms with van der Waals surface area (Å²) in [6.07, 6.45) is -0.634. The molecule has 2 N–H and O–H groups in total. The molecule has 2 atom stereocenters. The molecule has 1 aliphatic rings. The maximum absolute atomic E-state index is 10.7. The molecule has 5 heteroatoms. The molecule has 92 valence electrons. The van der Waals surface area contributed by atoms with E-state index in [1.54, 1.807) is 25.1 Å². The summed E-state index contributed by atoms with van der Waals surface area (Å²) in [4.78, 5) is 10.7. The van der Waals surface area contributed by atoms with E-state index in [0.717, 1.165) is 0 Å². The molecule has 17 heavy (non-hydrogen) atoms. The number of carbonyl (C=O) groups is 1. The standard InChI is InChI=1S/C12H14O5/c1-7(12(14)15)4-9(13)8-2-3-10-11(5-8)17-6-16-10/h2-3,5,7,9,13H,4,6H2,1H3,(H,14,15). The summed E-state index contributed by atoms with van der Waals surface area (Å²) in [6, 6.07) is 5.11. The molecule has 2 unspecified atom stereocenters. The molecule has 1 aromatic rings. The van der Waals surface area contributed by atoms with Gasteiger partial charge in [-0.15, -0.1) is 0 Å². The van der Waals surface area contributed by atoms with E-state index >= 15 is 0 Å². The zero-order valence-corrected chi connectivity index (χ0v) is 9.42. The number of aliphatic hydroxyl groups excluding tert-OH is 1. The molecule has 1 aliphatic heterocycles. The maximum Gasteiger partial charge on any atom is 0.306 e. The molecular weight excluding hydrogens is 224 g/mol. The second-order valence-corrected chi connectivity index (χ2v) is 4.10. The largest absolute Gasteiger partial charge is 0.481 e. The summed E-state index contributed by atoms with van der Waals surface area (Å²) in [5.41, 5.74) is 0.641. The van der Waals surface area contributed by atoms with Gasteiger partial charge in [0.05, 0.1) is 12.0 Å². The van der Waals surface area contributed by atoms with E-state index in [-0.39, 0.29) is 13.2 Å². The Bertz CT molecular complexity index is 429. The molecule has 0 bridgehead atoms. The summed E-state index contributed by atoms with van der Waals surface area (Å²) < 4.78 is 10.3. The van der Waals surface area contributed by atoms with Gasteiger partial charge in [0.1, 0.15) is 0 Å². The first kappa shape index (κ1) is 11.7. The fourth-order valence-electron chi connectivity index (χ4n) is 1.69. The molecule has 1 aromatic carbocycles. The van der Waals surface area contributed by atoms with Gasteiger partial charge >= 0.3 is 5.97 Å². The minimum Gasteiger partial charge on any atom is -0.481 e. The summed E-state index contributed by atoms with van der Waals surface area (Å²) >= 11 is 0. The number of aliphatic carboxylic acids is 1. The van der Waals surface area contributed by atoms with Gasteiger partial charge in [-0.3, -0.25) is 4.79 Å². The number of fused-ring (bicyclic) bond motifs is 1. The van der Waals surface area contributed by atoms with Crippen LogP contribution in [0.15, 0.2) is 18.2 Å². The average molecular weight is 238 g/mol. The monoisotopic (exact) mass is 238 g/mol. The average Bonchev–Trinajstić information content (AvgIpc) is 2.75. The molecule has 0 saturated carbocycles. The van der Waals surface area contributed by atoms with Crippen LogP contribution in [-0.4, -0.2) is 23.0 Å². The second-order valence-electron chi connectivity index (χ2n) is 4.10. The second kappa shape index (κ2) is 4.63. The van der Waals surface area contributed by atoms with Crippen LogP contribution in [0.5, 0.6) is 11.5 Å². The van der Waals surface area contributed by atoms with E-state index in [9.17, 15) is 9.90 Å². The van der Waals surface area contributed by atoms with E-state index in [4.69, 9.17) is 14.6 Å². The Balaban J connectivity index is 2.09. The minimum absolute atomic E-state index is 0.176. The van der Waals surface area contributed by atoms with Gasteiger partial charge in [-0.05, 0) is 24.1 Å². The Kier molecular flexibility index (Phi) is 3.19. The number of hydrogen-bond donors (Lipinski definition) is 2. The highest BCUT2D eigenvalue weighted by Crippen LogP contribution is 2.35. The lowest BCUT2D eigenvalue weighted by molar-refractivity contribution is -0.142. The van der Waals surface area contributed by atoms with Crippen molar-refractivity contribution in [1.29, 1.82) is 0 Å². The lowest BCUT2D eigenvalue weighted by Crippen LogP contribution is -2.13. The zero-order chi connectivity index (χ0) is 12.4. The van der Waals surface area contributed by atoms with Gasteiger partial charge in [-0.2, -0.15) is 0 Å². The Morgan fingerprint density at radius 3 is 2.82 bits per heavy atom. The van der Waals surface area contributed by atoms with Gasteiger partial charge in [-0.25, -0.2) is 0 Å². The molecule has 2 rings (SSSR count). The number of carboxylic acid groups (broad SMARTS) is 1. The van der Waals surface area contributed by atoms with Crippen molar-refractivity contribution in [3.05, 3.63) is 23.8 Å². The molecular formula is C12H14O5. The SMILES string of the molecule is CC(CC(O)c1ccc2c(c1)OCO2)C(=O)O. The van der Waals surface area contributed by atoms with Crippen LogP contribution in [0.4, 0.5) is 0 Å². The number of benzene rings is 1. The summed E-state index contributed by atoms with van der Waals surface area (Å²) in [6.45, 7) is 1.75. The van der Waals surface area contributed by atoms with Gasteiger partial charge in [0, 0.05) is 0 Å². The molecule has 0 saturated heterocycles. The van der Waals surface area contributed by atoms with Crippen molar-refractivity contribution >= 4 is 5.97 Å². The lowest BCUT2D eigenvalue weighted by atomic mass is 9.98. The van der Waals surface area contributed by atoms with Gasteiger partial charge in [0.2, 0.25) is 6.79 Å². The predicted molar refractivity (Wildman–Crippen MR) is 58.9 cm³/mol. The third-order valence-corrected chi connectivity index (χ3v) is 2.78. The quantitative estimate of drug-likeness (QED) is 0.832. The third-order valence-electron chi connectivity index (χ3n) is 2.78. The van der Waals surface area contributed by atoms with E-state index < -0.39 is 18.0 Å². The zero-order valence-electron chi connectivity index (χ0n) is 9.42. The highest BCUT2D eigenvalue weighted by atomic mass is 16.7. The minimum atomic E-state index is -0.912. The van der Waals surface area contributed by atoms with Crippen LogP contribution < -0.4 is 9.47 Å². The molecule has 0 radical (unpaired) electrons. The van der Waals surface area contributed by atoms with Gasteiger partial charge in [0.25, 0.3) is 0 Å². The summed E-state index contributed by atoms with van der Waals surface area (Å²) in [5, 5.41) is 18.7. The maximum atomic E-state index is 10.7. The third kappa shape index (κ3) is 2.50. The van der Waals surface area contributed by atoms with Crippen molar-refractivity contribution in [2.75, 3.05) is 6.79 Å². The number of hydrogen-bond acceptors (Lipinski definition) is 4. The first-order valence-electron chi connectivity index (χ1n) is 5.38. The van der Waals surface area contributed by atoms with Crippen LogP contribution >= 0.6 is 0 Å². The van der Waals surface area contributed by atoms with Crippen molar-refractivity contribution in [2.24, 2.45) is 5.92 Å². The van der Waals surface area contributed by atoms with Crippen molar-refractivity contribution in [3.8, 4) is 11.5 Å². The molecule has 5 nitrogen and oxygen atoms in total. The summed E-state index contributed by atoms with van der Waals surface area (Å²) in [7, 11) is 0. The first-order chi connectivity index (χ1) is 8.08. The fraction of sp³-hybridized carbons (Fsp3) is 0.417. The molecule has 0 fully saturated rings. The Morgan fingerprint density at radius 2 is 2.12 bits per heavy atom. The van der Waals surface area contributed by atoms with Crippen LogP contribution in [0, 0.1) is 5.92 Å². The van der Waals surface area contributed by atoms with Crippen LogP contribution in [-0.2, 0) is 4.79 Å². The molecule has 0 aliphatic carbocycles. The topological polar surface area (TPSA) is 76.0 Å². The number of carboxylic acids is 1. The van der Waals surface area contributed by atoms with Crippen molar-refractivity contribution < 1.29 is 24.5 Å². The number of aliphatic hydroxyl groups is 1. The van der Waals surface area contributed by atoms with E-state index in [1.807, 2.05) is 0 Å². The van der Waals surface area contributed by atoms with Crippen LogP contribution in [0.25, 0.3) is 0 Å². The van der Waals surface area contributed by atoms with Gasteiger partial charge in [0.15, 0.2) is 11.5 Å². The normalized spacial score (nSPS) is 16.6. The Hall–Kier alpha value is -1.75. The van der Waals surface area contributed by atoms with Crippen LogP contribution in [0.3, 0.4) is 0 Å². The van der Waals surface area contributed by atoms with Crippen LogP contribution in [0.1, 0.15) is 25.0 Å². The molecule has 0 spiro atoms. The molecule has 0 amide bonds. The van der Waals surface area contributed by atoms with E-state index in [1.165, 1.54) is 0 Å². The highest BCUT2D eigenvalue weighted by molar-refractivity contribution is 5.69. The lowest BCUT2D eigenvalue weighted by Gasteiger charge is -2.14. The van der Waals surface area contributed by atoms with E-state index in [2.05, 4.69) is 0 Å². The smallest absolute Gasteiger partial charge is 0.306 e. The van der Waals surface area contributed by atoms with Gasteiger partial charge in [-0.1, -0.05) is 13.0 Å². The van der Waals surface area contributed by atoms with E-state index in [0.29, 0.717) is 17.1 Å². The Morgan fingerprint density at radius 1 is 1.41 bits per heavy atom. The fourth-order valence-corrected chi connectivity index (χ4v) is 1.69. The molecule has 1 heterocycles. The Labute approximate surface area is 98.6 Å². The number of ether oxygens (including phenoxy) is 2. The summed E-state index contributed by atoms with van der Waals surface area (Å²) in [5.74, 6) is -0.267. The first-order valence-corrected chi connectivity index (χ1v) is 5.38. The predicted octanol–water partition coefficient (Wildman–Crippen LogP) is 1.56.